The highest BCUT2D eigenvalue weighted by Crippen LogP contribution is 2.24. The van der Waals surface area contributed by atoms with Gasteiger partial charge in [0.1, 0.15) is 10.8 Å². The van der Waals surface area contributed by atoms with Crippen LogP contribution in [0.3, 0.4) is 0 Å². The van der Waals surface area contributed by atoms with Gasteiger partial charge in [-0.15, -0.1) is 11.3 Å². The molecule has 2 aromatic heterocycles. The van der Waals surface area contributed by atoms with Crippen molar-refractivity contribution in [2.45, 2.75) is 6.54 Å². The molecule has 0 atom stereocenters. The summed E-state index contributed by atoms with van der Waals surface area (Å²) in [6.07, 6.45) is 0. The van der Waals surface area contributed by atoms with E-state index in [4.69, 9.17) is 22.9 Å². The summed E-state index contributed by atoms with van der Waals surface area (Å²) in [5.74, 6) is 0.828. The fourth-order valence-corrected chi connectivity index (χ4v) is 3.20. The summed E-state index contributed by atoms with van der Waals surface area (Å²) < 4.78 is 0. The van der Waals surface area contributed by atoms with Crippen LogP contribution in [0.5, 0.6) is 0 Å². The van der Waals surface area contributed by atoms with Gasteiger partial charge in [0.2, 0.25) is 0 Å². The quantitative estimate of drug-likeness (QED) is 0.748. The van der Waals surface area contributed by atoms with Crippen LogP contribution in [0.15, 0.2) is 47.8 Å². The lowest BCUT2D eigenvalue weighted by Crippen LogP contribution is -2.22. The number of nitrogens with two attached hydrogens (primary N) is 1. The van der Waals surface area contributed by atoms with Crippen LogP contribution in [0, 0.1) is 0 Å². The summed E-state index contributed by atoms with van der Waals surface area (Å²) in [4.78, 5) is 8.49. The Balaban J connectivity index is 2.06. The maximum atomic E-state index is 5.88. The average Bonchev–Trinajstić information content (AvgIpc) is 2.98. The van der Waals surface area contributed by atoms with Crippen molar-refractivity contribution in [3.05, 3.63) is 58.3 Å². The molecule has 3 rings (SSSR count). The number of thiocarbonyl (C=S) groups is 1. The van der Waals surface area contributed by atoms with Crippen molar-refractivity contribution in [3.63, 3.8) is 0 Å². The third kappa shape index (κ3) is 2.89. The Morgan fingerprint density at radius 1 is 1.29 bits per heavy atom. The Labute approximate surface area is 133 Å². The topological polar surface area (TPSA) is 42.2 Å². The molecule has 3 aromatic rings. The molecule has 0 fully saturated rings. The van der Waals surface area contributed by atoms with Gasteiger partial charge in [0.05, 0.1) is 17.6 Å². The van der Waals surface area contributed by atoms with Crippen LogP contribution in [0.1, 0.15) is 10.4 Å². The third-order valence-electron chi connectivity index (χ3n) is 3.30. The lowest BCUT2D eigenvalue weighted by Gasteiger charge is -2.21. The molecule has 0 aliphatic heterocycles. The van der Waals surface area contributed by atoms with Crippen LogP contribution in [-0.4, -0.2) is 17.0 Å². The first kappa shape index (κ1) is 14.0. The monoisotopic (exact) mass is 313 g/mol. The average molecular weight is 313 g/mol. The van der Waals surface area contributed by atoms with E-state index in [9.17, 15) is 0 Å². The molecule has 0 spiro atoms. The third-order valence-corrected chi connectivity index (χ3v) is 4.39. The zero-order chi connectivity index (χ0) is 14.8. The lowest BCUT2D eigenvalue weighted by molar-refractivity contribution is 0.916. The Bertz CT molecular complexity index is 781. The maximum Gasteiger partial charge on any atom is 0.139 e. The molecule has 2 N–H and O–H groups in total. The number of hydrogen-bond donors (Lipinski definition) is 1. The first-order valence-electron chi connectivity index (χ1n) is 6.58. The number of thiophene rings is 1. The molecule has 1 aromatic carbocycles. The minimum atomic E-state index is 0.376. The predicted octanol–water partition coefficient (Wildman–Crippen LogP) is 3.57. The second kappa shape index (κ2) is 5.79. The van der Waals surface area contributed by atoms with Gasteiger partial charge in [-0.05, 0) is 23.6 Å². The Morgan fingerprint density at radius 3 is 2.81 bits per heavy atom. The second-order valence-corrected chi connectivity index (χ2v) is 6.32. The molecule has 0 saturated carbocycles. The highest BCUT2D eigenvalue weighted by molar-refractivity contribution is 7.80. The van der Waals surface area contributed by atoms with Crippen molar-refractivity contribution in [1.29, 1.82) is 0 Å². The van der Waals surface area contributed by atoms with Crippen molar-refractivity contribution >= 4 is 45.3 Å². The number of pyridine rings is 1. The molecular weight excluding hydrogens is 298 g/mol. The first-order chi connectivity index (χ1) is 10.1. The van der Waals surface area contributed by atoms with Gasteiger partial charge < -0.3 is 10.6 Å². The normalized spacial score (nSPS) is 10.7. The maximum absolute atomic E-state index is 5.88. The molecule has 0 aliphatic carbocycles. The number of nitrogens with zero attached hydrogens (tertiary/aromatic N) is 2. The zero-order valence-electron chi connectivity index (χ0n) is 11.6. The Kier molecular flexibility index (Phi) is 3.86. The van der Waals surface area contributed by atoms with E-state index >= 15 is 0 Å². The van der Waals surface area contributed by atoms with Crippen molar-refractivity contribution in [1.82, 2.24) is 4.98 Å². The molecule has 0 saturated heterocycles. The van der Waals surface area contributed by atoms with Crippen molar-refractivity contribution in [3.8, 4) is 0 Å². The molecule has 0 aliphatic rings. The van der Waals surface area contributed by atoms with Crippen LogP contribution in [-0.2, 0) is 6.54 Å². The SMILES string of the molecule is CN(Cc1cccs1)c1nc2ccccc2cc1C(N)=S. The van der Waals surface area contributed by atoms with Crippen molar-refractivity contribution < 1.29 is 0 Å². The molecule has 5 heteroatoms. The predicted molar refractivity (Wildman–Crippen MR) is 94.1 cm³/mol. The summed E-state index contributed by atoms with van der Waals surface area (Å²) in [7, 11) is 2.01. The molecule has 0 unspecified atom stereocenters. The van der Waals surface area contributed by atoms with Gasteiger partial charge in [0, 0.05) is 17.3 Å². The van der Waals surface area contributed by atoms with Gasteiger partial charge in [0.15, 0.2) is 0 Å². The van der Waals surface area contributed by atoms with E-state index in [0.29, 0.717) is 4.99 Å². The van der Waals surface area contributed by atoms with E-state index in [2.05, 4.69) is 22.4 Å². The highest BCUT2D eigenvalue weighted by Gasteiger charge is 2.14. The summed E-state index contributed by atoms with van der Waals surface area (Å²) in [6, 6.07) is 14.2. The summed E-state index contributed by atoms with van der Waals surface area (Å²) in [5.41, 5.74) is 7.66. The number of benzene rings is 1. The number of rotatable bonds is 4. The molecule has 0 amide bonds. The molecule has 0 bridgehead atoms. The lowest BCUT2D eigenvalue weighted by atomic mass is 10.1. The fraction of sp³-hybridized carbons (Fsp3) is 0.125. The molecule has 2 heterocycles. The number of para-hydroxylation sites is 1. The van der Waals surface area contributed by atoms with Gasteiger partial charge in [-0.2, -0.15) is 0 Å². The minimum absolute atomic E-state index is 0.376. The van der Waals surface area contributed by atoms with Crippen LogP contribution in [0.2, 0.25) is 0 Å². The van der Waals surface area contributed by atoms with Gasteiger partial charge in [0.25, 0.3) is 0 Å². The summed E-state index contributed by atoms with van der Waals surface area (Å²) in [5, 5.41) is 3.12. The highest BCUT2D eigenvalue weighted by atomic mass is 32.1. The van der Waals surface area contributed by atoms with Crippen LogP contribution < -0.4 is 10.6 Å². The van der Waals surface area contributed by atoms with E-state index in [-0.39, 0.29) is 0 Å². The fourth-order valence-electron chi connectivity index (χ4n) is 2.29. The summed E-state index contributed by atoms with van der Waals surface area (Å²) in [6.45, 7) is 0.790. The van der Waals surface area contributed by atoms with E-state index in [1.165, 1.54) is 4.88 Å². The van der Waals surface area contributed by atoms with Crippen LogP contribution >= 0.6 is 23.6 Å². The molecule has 3 nitrogen and oxygen atoms in total. The smallest absolute Gasteiger partial charge is 0.139 e. The standard InChI is InChI=1S/C16H15N3S2/c1-19(10-12-6-4-8-21-12)16-13(15(17)20)9-11-5-2-3-7-14(11)18-16/h2-9H,10H2,1H3,(H2,17,20). The van der Waals surface area contributed by atoms with Gasteiger partial charge in [-0.3, -0.25) is 0 Å². The number of hydrogen-bond acceptors (Lipinski definition) is 4. The molecule has 21 heavy (non-hydrogen) atoms. The Hall–Kier alpha value is -1.98. The Morgan fingerprint density at radius 2 is 2.10 bits per heavy atom. The number of anilines is 1. The van der Waals surface area contributed by atoms with E-state index in [1.54, 1.807) is 11.3 Å². The number of aromatic nitrogens is 1. The van der Waals surface area contributed by atoms with Crippen molar-refractivity contribution in [2.75, 3.05) is 11.9 Å². The second-order valence-electron chi connectivity index (χ2n) is 4.85. The largest absolute Gasteiger partial charge is 0.389 e. The van der Waals surface area contributed by atoms with Gasteiger partial charge in [-0.1, -0.05) is 36.5 Å². The zero-order valence-corrected chi connectivity index (χ0v) is 13.2. The molecule has 106 valence electrons. The van der Waals surface area contributed by atoms with E-state index < -0.39 is 0 Å². The van der Waals surface area contributed by atoms with Gasteiger partial charge in [-0.25, -0.2) is 4.98 Å². The molecular formula is C16H15N3S2. The van der Waals surface area contributed by atoms with Crippen molar-refractivity contribution in [2.24, 2.45) is 5.73 Å². The van der Waals surface area contributed by atoms with Crippen LogP contribution in [0.4, 0.5) is 5.82 Å². The van der Waals surface area contributed by atoms with E-state index in [1.807, 2.05) is 37.4 Å². The summed E-state index contributed by atoms with van der Waals surface area (Å²) >= 11 is 6.92. The van der Waals surface area contributed by atoms with Crippen LogP contribution in [0.25, 0.3) is 10.9 Å². The van der Waals surface area contributed by atoms with E-state index in [0.717, 1.165) is 28.8 Å². The molecule has 0 radical (unpaired) electrons. The van der Waals surface area contributed by atoms with Gasteiger partial charge >= 0.3 is 0 Å². The first-order valence-corrected chi connectivity index (χ1v) is 7.87. The minimum Gasteiger partial charge on any atom is -0.389 e. The number of fused-ring (bicyclic) bond motifs is 1.